The van der Waals surface area contributed by atoms with Crippen molar-refractivity contribution in [3.05, 3.63) is 374 Å². The van der Waals surface area contributed by atoms with Gasteiger partial charge < -0.3 is 8.83 Å². The highest BCUT2D eigenvalue weighted by molar-refractivity contribution is 6.25. The Hall–Kier alpha value is -13.9. The Morgan fingerprint density at radius 1 is 0.179 bits per heavy atom. The van der Waals surface area contributed by atoms with E-state index in [0.29, 0.717) is 0 Å². The zero-order valence-electron chi connectivity index (χ0n) is 62.3. The van der Waals surface area contributed by atoms with Gasteiger partial charge in [0.05, 0.1) is 0 Å². The molecular formula is C110H70O2. The van der Waals surface area contributed by atoms with Crippen LogP contribution < -0.4 is 0 Å². The van der Waals surface area contributed by atoms with Crippen molar-refractivity contribution in [2.24, 2.45) is 0 Å². The van der Waals surface area contributed by atoms with Crippen LogP contribution in [0.3, 0.4) is 0 Å². The number of furan rings is 2. The molecule has 2 nitrogen and oxygen atoms in total. The first-order chi connectivity index (χ1) is 55.0. The third-order valence-electron chi connectivity index (χ3n) is 25.8. The van der Waals surface area contributed by atoms with Gasteiger partial charge in [0.15, 0.2) is 0 Å². The molecule has 112 heavy (non-hydrogen) atoms. The van der Waals surface area contributed by atoms with Gasteiger partial charge >= 0.3 is 0 Å². The van der Waals surface area contributed by atoms with E-state index in [1.165, 1.54) is 187 Å². The van der Waals surface area contributed by atoms with Crippen LogP contribution in [0.2, 0.25) is 0 Å². The van der Waals surface area contributed by atoms with Crippen molar-refractivity contribution in [2.45, 2.75) is 38.5 Å². The fraction of sp³-hybridized carbons (Fsp3) is 0.0545. The maximum atomic E-state index is 7.26. The number of fused-ring (bicyclic) bond motifs is 23. The molecule has 2 aromatic heterocycles. The van der Waals surface area contributed by atoms with Crippen LogP contribution in [0.1, 0.15) is 49.9 Å². The molecule has 0 N–H and O–H groups in total. The molecule has 0 saturated heterocycles. The molecule has 0 spiro atoms. The highest BCUT2D eigenvalue weighted by Crippen LogP contribution is 2.57. The Morgan fingerprint density at radius 3 is 1.08 bits per heavy atom. The summed E-state index contributed by atoms with van der Waals surface area (Å²) in [5.41, 5.74) is 30.6. The third-order valence-corrected chi connectivity index (χ3v) is 25.8. The van der Waals surface area contributed by atoms with Crippen LogP contribution in [0.25, 0.3) is 230 Å². The lowest BCUT2D eigenvalue weighted by Gasteiger charge is -2.22. The second kappa shape index (κ2) is 23.3. The summed E-state index contributed by atoms with van der Waals surface area (Å²) >= 11 is 0. The maximum Gasteiger partial charge on any atom is 0.143 e. The number of rotatable bonds is 7. The van der Waals surface area contributed by atoms with Crippen LogP contribution >= 0.6 is 0 Å². The zero-order valence-corrected chi connectivity index (χ0v) is 62.3. The van der Waals surface area contributed by atoms with Crippen molar-refractivity contribution in [3.63, 3.8) is 0 Å². The molecule has 22 aromatic rings. The van der Waals surface area contributed by atoms with E-state index in [4.69, 9.17) is 8.83 Å². The summed E-state index contributed by atoms with van der Waals surface area (Å²) in [4.78, 5) is 0. The van der Waals surface area contributed by atoms with E-state index in [9.17, 15) is 0 Å². The van der Waals surface area contributed by atoms with Crippen LogP contribution in [-0.4, -0.2) is 0 Å². The number of benzene rings is 20. The average molecular weight is 1420 g/mol. The van der Waals surface area contributed by atoms with E-state index < -0.39 is 0 Å². The minimum atomic E-state index is -0.261. The van der Waals surface area contributed by atoms with Crippen LogP contribution in [0.15, 0.2) is 361 Å². The molecular weight excluding hydrogens is 1350 g/mol. The normalized spacial score (nSPS) is 13.5. The van der Waals surface area contributed by atoms with E-state index in [2.05, 4.69) is 380 Å². The summed E-state index contributed by atoms with van der Waals surface area (Å²) in [5.74, 6) is 0. The predicted molar refractivity (Wildman–Crippen MR) is 474 cm³/mol. The predicted octanol–water partition coefficient (Wildman–Crippen LogP) is 31.0. The van der Waals surface area contributed by atoms with Gasteiger partial charge in [0, 0.05) is 43.3 Å². The standard InChI is InChI=1S/C110H70O2/c1-109(2)95-51-50-90-89-48-44-76-55-72(41-46-79(76)107(89)112-108(90)106(95)91-49-43-75(60-97(91)109)69-34-36-71-57-78(40-38-67(71)54-69)104-87-29-17-13-25-83(87)102(65-21-9-6-10-22-65)84-26-14-18-30-88(84)104)73-32-31-63-45-52-99-105(92(63)58-73)94-61-98-93(62-100(94)111-99)80-47-42-74(59-96(80)110(98,3)4)68-33-35-70-56-77(39-37-66(70)53-68)103-85-27-15-11-23-81(85)101(64-19-7-5-8-20-64)82-24-12-16-28-86(82)103/h5-62H,1-4H3. The second-order valence-electron chi connectivity index (χ2n) is 32.5. The molecule has 2 aliphatic rings. The van der Waals surface area contributed by atoms with Gasteiger partial charge in [-0.05, 0) is 276 Å². The van der Waals surface area contributed by atoms with Gasteiger partial charge in [0.25, 0.3) is 0 Å². The number of hydrogen-bond donors (Lipinski definition) is 0. The SMILES string of the molecule is CC1(C)c2cc(-c3ccc4cc(-c5c6ccccc6c(-c6ccccc6)c6ccccc56)ccc4c3)ccc2-c2cc3oc4ccc5ccc(-c6ccc7c(ccc8c9ccc%10c(c9oc78)-c7ccc(-c8ccc9cc(-c%11c%12ccccc%12c(-c%12ccccc%12)c%12ccccc%11%12)ccc9c8)cc7C%10(C)C)c6)cc5c4c3cc21. The summed E-state index contributed by atoms with van der Waals surface area (Å²) in [6.45, 7) is 9.53. The van der Waals surface area contributed by atoms with Gasteiger partial charge in [-0.15, -0.1) is 0 Å². The monoisotopic (exact) mass is 1420 g/mol. The first kappa shape index (κ1) is 63.1. The van der Waals surface area contributed by atoms with Gasteiger partial charge in [-0.3, -0.25) is 0 Å². The molecule has 0 fully saturated rings. The molecule has 522 valence electrons. The summed E-state index contributed by atoms with van der Waals surface area (Å²) < 4.78 is 14.2. The van der Waals surface area contributed by atoms with Gasteiger partial charge in [0.1, 0.15) is 22.3 Å². The Kier molecular flexibility index (Phi) is 13.1. The molecule has 0 radical (unpaired) electrons. The Balaban J connectivity index is 0.531. The van der Waals surface area contributed by atoms with Gasteiger partial charge in [-0.25, -0.2) is 0 Å². The molecule has 0 amide bonds. The molecule has 24 rings (SSSR count). The van der Waals surface area contributed by atoms with Crippen molar-refractivity contribution in [1.82, 2.24) is 0 Å². The van der Waals surface area contributed by atoms with E-state index in [1.807, 2.05) is 0 Å². The molecule has 0 saturated carbocycles. The van der Waals surface area contributed by atoms with Crippen LogP contribution in [0, 0.1) is 0 Å². The molecule has 0 bridgehead atoms. The first-order valence-electron chi connectivity index (χ1n) is 39.2. The summed E-state index contributed by atoms with van der Waals surface area (Å²) in [5, 5.41) is 24.2. The minimum Gasteiger partial charge on any atom is -0.456 e. The lowest BCUT2D eigenvalue weighted by molar-refractivity contribution is 0.654. The summed E-state index contributed by atoms with van der Waals surface area (Å²) in [6, 6.07) is 132. The van der Waals surface area contributed by atoms with Crippen molar-refractivity contribution >= 4 is 130 Å². The molecule has 2 heteroatoms. The Labute approximate surface area is 647 Å². The van der Waals surface area contributed by atoms with Crippen molar-refractivity contribution in [1.29, 1.82) is 0 Å². The Morgan fingerprint density at radius 2 is 0.545 bits per heavy atom. The molecule has 0 unspecified atom stereocenters. The van der Waals surface area contributed by atoms with Crippen molar-refractivity contribution < 1.29 is 8.83 Å². The van der Waals surface area contributed by atoms with Crippen LogP contribution in [0.4, 0.5) is 0 Å². The summed E-state index contributed by atoms with van der Waals surface area (Å²) in [7, 11) is 0. The van der Waals surface area contributed by atoms with Crippen molar-refractivity contribution in [2.75, 3.05) is 0 Å². The van der Waals surface area contributed by atoms with Crippen molar-refractivity contribution in [3.8, 4) is 100 Å². The minimum absolute atomic E-state index is 0.250. The first-order valence-corrected chi connectivity index (χ1v) is 39.2. The largest absolute Gasteiger partial charge is 0.456 e. The summed E-state index contributed by atoms with van der Waals surface area (Å²) in [6.07, 6.45) is 0. The molecule has 2 aliphatic carbocycles. The highest BCUT2D eigenvalue weighted by atomic mass is 16.3. The van der Waals surface area contributed by atoms with E-state index >= 15 is 0 Å². The maximum absolute atomic E-state index is 7.26. The zero-order chi connectivity index (χ0) is 74.0. The van der Waals surface area contributed by atoms with E-state index in [0.717, 1.165) is 65.8 Å². The second-order valence-corrected chi connectivity index (χ2v) is 32.5. The van der Waals surface area contributed by atoms with Gasteiger partial charge in [-0.1, -0.05) is 301 Å². The number of hydrogen-bond acceptors (Lipinski definition) is 2. The molecule has 2 heterocycles. The fourth-order valence-corrected chi connectivity index (χ4v) is 20.3. The lowest BCUT2D eigenvalue weighted by atomic mass is 9.81. The van der Waals surface area contributed by atoms with E-state index in [1.54, 1.807) is 0 Å². The Bertz CT molecular complexity index is 7800. The van der Waals surface area contributed by atoms with Gasteiger partial charge in [0.2, 0.25) is 0 Å². The molecule has 0 atom stereocenters. The van der Waals surface area contributed by atoms with E-state index in [-0.39, 0.29) is 10.8 Å². The quantitative estimate of drug-likeness (QED) is 0.149. The third kappa shape index (κ3) is 9.09. The highest BCUT2D eigenvalue weighted by Gasteiger charge is 2.40. The lowest BCUT2D eigenvalue weighted by Crippen LogP contribution is -2.15. The topological polar surface area (TPSA) is 26.3 Å². The average Bonchev–Trinajstić information content (AvgIpc) is 1.67. The van der Waals surface area contributed by atoms with Crippen LogP contribution in [0.5, 0.6) is 0 Å². The molecule has 20 aromatic carbocycles. The van der Waals surface area contributed by atoms with Gasteiger partial charge in [-0.2, -0.15) is 0 Å². The smallest absolute Gasteiger partial charge is 0.143 e. The fourth-order valence-electron chi connectivity index (χ4n) is 20.3. The molecule has 0 aliphatic heterocycles. The van der Waals surface area contributed by atoms with Crippen LogP contribution in [-0.2, 0) is 10.8 Å².